The van der Waals surface area contributed by atoms with Gasteiger partial charge >= 0.3 is 0 Å². The zero-order valence-corrected chi connectivity index (χ0v) is 12.5. The van der Waals surface area contributed by atoms with Gasteiger partial charge in [-0.15, -0.1) is 11.8 Å². The second-order valence-electron chi connectivity index (χ2n) is 4.74. The molecule has 0 spiro atoms. The minimum Gasteiger partial charge on any atom is -0.353 e. The van der Waals surface area contributed by atoms with Gasteiger partial charge in [0, 0.05) is 23.2 Å². The highest BCUT2D eigenvalue weighted by atomic mass is 32.2. The average molecular weight is 284 g/mol. The summed E-state index contributed by atoms with van der Waals surface area (Å²) in [5.74, 6) is 0.591. The standard InChI is InChI=1S/C14H21FN2OS/c1-11(2)16-14(18)10-17(3)8-9-19-13-7-5-4-6-12(13)15/h4-7,11H,8-10H2,1-3H3,(H,16,18). The Kier molecular flexibility index (Phi) is 6.87. The van der Waals surface area contributed by atoms with Crippen LogP contribution in [0.5, 0.6) is 0 Å². The third-order valence-electron chi connectivity index (χ3n) is 2.43. The van der Waals surface area contributed by atoms with E-state index in [0.29, 0.717) is 11.4 Å². The van der Waals surface area contributed by atoms with Gasteiger partial charge in [0.1, 0.15) is 5.82 Å². The number of rotatable bonds is 7. The molecule has 0 aliphatic heterocycles. The molecule has 1 aromatic carbocycles. The van der Waals surface area contributed by atoms with Crippen LogP contribution in [0.1, 0.15) is 13.8 Å². The van der Waals surface area contributed by atoms with Crippen molar-refractivity contribution in [3.05, 3.63) is 30.1 Å². The fourth-order valence-electron chi connectivity index (χ4n) is 1.57. The summed E-state index contributed by atoms with van der Waals surface area (Å²) in [6.45, 7) is 4.98. The number of likely N-dealkylation sites (N-methyl/N-ethyl adjacent to an activating group) is 1. The lowest BCUT2D eigenvalue weighted by molar-refractivity contribution is -0.122. The van der Waals surface area contributed by atoms with Gasteiger partial charge in [-0.1, -0.05) is 12.1 Å². The molecule has 1 aromatic rings. The molecule has 19 heavy (non-hydrogen) atoms. The van der Waals surface area contributed by atoms with Crippen molar-refractivity contribution in [1.82, 2.24) is 10.2 Å². The van der Waals surface area contributed by atoms with Crippen LogP contribution in [0, 0.1) is 5.82 Å². The quantitative estimate of drug-likeness (QED) is 0.780. The molecule has 106 valence electrons. The van der Waals surface area contributed by atoms with Gasteiger partial charge in [-0.2, -0.15) is 0 Å². The first-order chi connectivity index (χ1) is 8.99. The van der Waals surface area contributed by atoms with E-state index in [1.165, 1.54) is 17.8 Å². The van der Waals surface area contributed by atoms with Crippen molar-refractivity contribution in [3.8, 4) is 0 Å². The van der Waals surface area contributed by atoms with E-state index in [1.54, 1.807) is 12.1 Å². The van der Waals surface area contributed by atoms with Crippen LogP contribution in [0.15, 0.2) is 29.2 Å². The van der Waals surface area contributed by atoms with E-state index in [4.69, 9.17) is 0 Å². The summed E-state index contributed by atoms with van der Waals surface area (Å²) >= 11 is 1.47. The summed E-state index contributed by atoms with van der Waals surface area (Å²) in [6.07, 6.45) is 0. The SMILES string of the molecule is CC(C)NC(=O)CN(C)CCSc1ccccc1F. The number of amides is 1. The molecule has 1 rings (SSSR count). The van der Waals surface area contributed by atoms with Gasteiger partial charge in [0.15, 0.2) is 0 Å². The summed E-state index contributed by atoms with van der Waals surface area (Å²) in [6, 6.07) is 6.90. The predicted octanol–water partition coefficient (Wildman–Crippen LogP) is 2.37. The largest absolute Gasteiger partial charge is 0.353 e. The van der Waals surface area contributed by atoms with Gasteiger partial charge < -0.3 is 5.32 Å². The smallest absolute Gasteiger partial charge is 0.234 e. The van der Waals surface area contributed by atoms with Gasteiger partial charge in [-0.3, -0.25) is 9.69 Å². The molecule has 3 nitrogen and oxygen atoms in total. The van der Waals surface area contributed by atoms with Crippen molar-refractivity contribution in [1.29, 1.82) is 0 Å². The Morgan fingerprint density at radius 2 is 2.11 bits per heavy atom. The fraction of sp³-hybridized carbons (Fsp3) is 0.500. The summed E-state index contributed by atoms with van der Waals surface area (Å²) in [5, 5.41) is 2.84. The van der Waals surface area contributed by atoms with E-state index in [1.807, 2.05) is 31.9 Å². The third kappa shape index (κ3) is 6.59. The molecule has 0 fully saturated rings. The molecule has 1 N–H and O–H groups in total. The third-order valence-corrected chi connectivity index (χ3v) is 3.46. The minimum absolute atomic E-state index is 0.0217. The van der Waals surface area contributed by atoms with Gasteiger partial charge in [0.05, 0.1) is 6.54 Å². The number of nitrogens with zero attached hydrogens (tertiary/aromatic N) is 1. The van der Waals surface area contributed by atoms with E-state index >= 15 is 0 Å². The molecule has 0 radical (unpaired) electrons. The number of carbonyl (C=O) groups excluding carboxylic acids is 1. The second-order valence-corrected chi connectivity index (χ2v) is 5.88. The average Bonchev–Trinajstić information content (AvgIpc) is 2.30. The zero-order valence-electron chi connectivity index (χ0n) is 11.6. The van der Waals surface area contributed by atoms with Crippen LogP contribution in [-0.4, -0.2) is 42.7 Å². The molecule has 0 saturated carbocycles. The number of hydrogen-bond acceptors (Lipinski definition) is 3. The lowest BCUT2D eigenvalue weighted by Crippen LogP contribution is -2.39. The Bertz CT molecular complexity index is 412. The lowest BCUT2D eigenvalue weighted by atomic mass is 10.3. The molecule has 0 unspecified atom stereocenters. The normalized spacial score (nSPS) is 11.1. The number of carbonyl (C=O) groups is 1. The molecular weight excluding hydrogens is 263 g/mol. The fourth-order valence-corrected chi connectivity index (χ4v) is 2.57. The first-order valence-electron chi connectivity index (χ1n) is 6.34. The number of thioether (sulfide) groups is 1. The number of nitrogens with one attached hydrogen (secondary N) is 1. The van der Waals surface area contributed by atoms with Gasteiger partial charge in [0.25, 0.3) is 0 Å². The van der Waals surface area contributed by atoms with E-state index < -0.39 is 0 Å². The summed E-state index contributed by atoms with van der Waals surface area (Å²) in [7, 11) is 1.89. The number of halogens is 1. The highest BCUT2D eigenvalue weighted by Crippen LogP contribution is 2.20. The van der Waals surface area contributed by atoms with E-state index in [-0.39, 0.29) is 17.8 Å². The first-order valence-corrected chi connectivity index (χ1v) is 7.33. The Labute approximate surface area is 118 Å². The number of benzene rings is 1. The second kappa shape index (κ2) is 8.17. The maximum atomic E-state index is 13.4. The van der Waals surface area contributed by atoms with Crippen LogP contribution in [0.4, 0.5) is 4.39 Å². The van der Waals surface area contributed by atoms with Crippen LogP contribution >= 0.6 is 11.8 Å². The van der Waals surface area contributed by atoms with Crippen molar-refractivity contribution in [3.63, 3.8) is 0 Å². The van der Waals surface area contributed by atoms with Crippen molar-refractivity contribution in [2.24, 2.45) is 0 Å². The molecule has 1 amide bonds. The minimum atomic E-state index is -0.187. The lowest BCUT2D eigenvalue weighted by Gasteiger charge is -2.17. The van der Waals surface area contributed by atoms with Crippen LogP contribution in [0.3, 0.4) is 0 Å². The predicted molar refractivity (Wildman–Crippen MR) is 77.9 cm³/mol. The van der Waals surface area contributed by atoms with Crippen molar-refractivity contribution in [2.45, 2.75) is 24.8 Å². The summed E-state index contributed by atoms with van der Waals surface area (Å²) < 4.78 is 13.4. The topological polar surface area (TPSA) is 32.3 Å². The maximum absolute atomic E-state index is 13.4. The zero-order chi connectivity index (χ0) is 14.3. The Balaban J connectivity index is 2.26. The molecule has 0 atom stereocenters. The Morgan fingerprint density at radius 3 is 2.74 bits per heavy atom. The maximum Gasteiger partial charge on any atom is 0.234 e. The Hall–Kier alpha value is -1.07. The van der Waals surface area contributed by atoms with Crippen molar-refractivity contribution < 1.29 is 9.18 Å². The highest BCUT2D eigenvalue weighted by molar-refractivity contribution is 7.99. The van der Waals surface area contributed by atoms with Gasteiger partial charge in [-0.05, 0) is 33.0 Å². The first kappa shape index (κ1) is 16.0. The molecule has 5 heteroatoms. The monoisotopic (exact) mass is 284 g/mol. The van der Waals surface area contributed by atoms with Gasteiger partial charge in [-0.25, -0.2) is 4.39 Å². The van der Waals surface area contributed by atoms with Crippen LogP contribution in [-0.2, 0) is 4.79 Å². The molecule has 0 saturated heterocycles. The molecule has 0 bridgehead atoms. The number of hydrogen-bond donors (Lipinski definition) is 1. The highest BCUT2D eigenvalue weighted by Gasteiger charge is 2.08. The van der Waals surface area contributed by atoms with Crippen LogP contribution in [0.2, 0.25) is 0 Å². The van der Waals surface area contributed by atoms with Crippen molar-refractivity contribution in [2.75, 3.05) is 25.9 Å². The van der Waals surface area contributed by atoms with Crippen LogP contribution in [0.25, 0.3) is 0 Å². The van der Waals surface area contributed by atoms with E-state index in [0.717, 1.165) is 12.3 Å². The molecule has 0 aromatic heterocycles. The summed E-state index contributed by atoms with van der Waals surface area (Å²) in [4.78, 5) is 14.1. The van der Waals surface area contributed by atoms with Crippen molar-refractivity contribution >= 4 is 17.7 Å². The Morgan fingerprint density at radius 1 is 1.42 bits per heavy atom. The molecular formula is C14H21FN2OS. The van der Waals surface area contributed by atoms with Crippen LogP contribution < -0.4 is 5.32 Å². The summed E-state index contributed by atoms with van der Waals surface area (Å²) in [5.41, 5.74) is 0. The molecule has 0 heterocycles. The van der Waals surface area contributed by atoms with Gasteiger partial charge in [0.2, 0.25) is 5.91 Å². The van der Waals surface area contributed by atoms with E-state index in [2.05, 4.69) is 5.32 Å². The molecule has 0 aliphatic carbocycles. The molecule has 0 aliphatic rings. The van der Waals surface area contributed by atoms with E-state index in [9.17, 15) is 9.18 Å².